The molecule has 0 radical (unpaired) electrons. The average molecular weight is 314 g/mol. The molecule has 0 saturated carbocycles. The van der Waals surface area contributed by atoms with Gasteiger partial charge in [-0.3, -0.25) is 9.48 Å². The maximum Gasteiger partial charge on any atom is 0.226 e. The highest BCUT2D eigenvalue weighted by atomic mass is 35.5. The van der Waals surface area contributed by atoms with Gasteiger partial charge in [0.1, 0.15) is 0 Å². The molecule has 0 aliphatic heterocycles. The number of aromatic nitrogens is 2. The Morgan fingerprint density at radius 1 is 1.23 bits per heavy atom. The van der Waals surface area contributed by atoms with Gasteiger partial charge in [-0.2, -0.15) is 5.10 Å². The fraction of sp³-hybridized carbons (Fsp3) is 0.176. The van der Waals surface area contributed by atoms with Crippen LogP contribution < -0.4 is 5.32 Å². The topological polar surface area (TPSA) is 46.9 Å². The van der Waals surface area contributed by atoms with E-state index in [1.807, 2.05) is 23.0 Å². The third-order valence-electron chi connectivity index (χ3n) is 3.58. The second kappa shape index (κ2) is 6.20. The summed E-state index contributed by atoms with van der Waals surface area (Å²) in [5.41, 5.74) is 2.99. The summed E-state index contributed by atoms with van der Waals surface area (Å²) in [7, 11) is 0. The first-order valence-corrected chi connectivity index (χ1v) is 7.48. The first-order chi connectivity index (χ1) is 10.6. The Bertz CT molecular complexity index is 808. The van der Waals surface area contributed by atoms with E-state index < -0.39 is 0 Å². The van der Waals surface area contributed by atoms with Crippen molar-refractivity contribution in [1.82, 2.24) is 9.78 Å². The van der Waals surface area contributed by atoms with Crippen molar-refractivity contribution in [1.29, 1.82) is 0 Å². The lowest BCUT2D eigenvalue weighted by Gasteiger charge is -2.06. The van der Waals surface area contributed by atoms with Crippen molar-refractivity contribution in [3.8, 4) is 0 Å². The van der Waals surface area contributed by atoms with Crippen molar-refractivity contribution in [3.05, 3.63) is 59.2 Å². The molecular formula is C17H16ClN3O. The number of hydrogen-bond donors (Lipinski definition) is 1. The molecule has 0 spiro atoms. The quantitative estimate of drug-likeness (QED) is 0.790. The number of carbonyl (C=O) groups excluding carboxylic acids is 1. The molecule has 2 aromatic carbocycles. The fourth-order valence-corrected chi connectivity index (χ4v) is 2.52. The molecule has 22 heavy (non-hydrogen) atoms. The van der Waals surface area contributed by atoms with Crippen molar-refractivity contribution in [2.45, 2.75) is 19.9 Å². The highest BCUT2D eigenvalue weighted by Gasteiger charge is 2.07. The summed E-state index contributed by atoms with van der Waals surface area (Å²) in [6.45, 7) is 2.61. The van der Waals surface area contributed by atoms with Crippen LogP contribution in [0.15, 0.2) is 48.7 Å². The van der Waals surface area contributed by atoms with Gasteiger partial charge in [-0.1, -0.05) is 23.7 Å². The number of aryl methyl sites for hydroxylation is 2. The smallest absolute Gasteiger partial charge is 0.226 e. The zero-order chi connectivity index (χ0) is 15.5. The Hall–Kier alpha value is -2.33. The summed E-state index contributed by atoms with van der Waals surface area (Å²) in [6, 6.07) is 13.2. The van der Waals surface area contributed by atoms with Crippen LogP contribution in [0.4, 0.5) is 5.69 Å². The van der Waals surface area contributed by atoms with Gasteiger partial charge in [-0.15, -0.1) is 0 Å². The zero-order valence-corrected chi connectivity index (χ0v) is 13.0. The summed E-state index contributed by atoms with van der Waals surface area (Å²) in [6.07, 6.45) is 2.22. The molecule has 0 bridgehead atoms. The molecule has 3 aromatic rings. The van der Waals surface area contributed by atoms with Gasteiger partial charge in [0.25, 0.3) is 0 Å². The van der Waals surface area contributed by atoms with Crippen LogP contribution in [0.3, 0.4) is 0 Å². The zero-order valence-electron chi connectivity index (χ0n) is 12.2. The number of rotatable bonds is 4. The largest absolute Gasteiger partial charge is 0.326 e. The Balaban J connectivity index is 1.65. The van der Waals surface area contributed by atoms with E-state index >= 15 is 0 Å². The molecule has 0 saturated heterocycles. The standard InChI is InChI=1S/C17H16ClN3O/c1-12-3-2-4-16-15(12)11-19-21(16)10-9-17(22)20-14-7-5-13(18)6-8-14/h2-8,11H,9-10H2,1H3,(H,20,22). The van der Waals surface area contributed by atoms with Crippen LogP contribution in [0.25, 0.3) is 10.9 Å². The minimum absolute atomic E-state index is 0.0429. The van der Waals surface area contributed by atoms with Gasteiger partial charge in [-0.25, -0.2) is 0 Å². The Kier molecular flexibility index (Phi) is 4.11. The lowest BCUT2D eigenvalue weighted by Crippen LogP contribution is -2.14. The van der Waals surface area contributed by atoms with Crippen LogP contribution in [-0.4, -0.2) is 15.7 Å². The predicted octanol–water partition coefficient (Wildman–Crippen LogP) is 4.03. The highest BCUT2D eigenvalue weighted by Crippen LogP contribution is 2.18. The maximum atomic E-state index is 12.0. The molecule has 4 nitrogen and oxygen atoms in total. The Morgan fingerprint density at radius 2 is 2.00 bits per heavy atom. The normalized spacial score (nSPS) is 10.8. The third-order valence-corrected chi connectivity index (χ3v) is 3.84. The number of nitrogens with zero attached hydrogens (tertiary/aromatic N) is 2. The first-order valence-electron chi connectivity index (χ1n) is 7.10. The van der Waals surface area contributed by atoms with Crippen LogP contribution in [0.1, 0.15) is 12.0 Å². The maximum absolute atomic E-state index is 12.0. The van der Waals surface area contributed by atoms with E-state index in [0.29, 0.717) is 18.0 Å². The summed E-state index contributed by atoms with van der Waals surface area (Å²) in [5, 5.41) is 8.99. The SMILES string of the molecule is Cc1cccc2c1cnn2CCC(=O)Nc1ccc(Cl)cc1. The lowest BCUT2D eigenvalue weighted by atomic mass is 10.1. The Labute approximate surface area is 133 Å². The summed E-state index contributed by atoms with van der Waals surface area (Å²) in [5.74, 6) is -0.0429. The lowest BCUT2D eigenvalue weighted by molar-refractivity contribution is -0.116. The van der Waals surface area contributed by atoms with Crippen molar-refractivity contribution >= 4 is 34.1 Å². The molecule has 0 atom stereocenters. The minimum atomic E-state index is -0.0429. The van der Waals surface area contributed by atoms with Crippen LogP contribution in [0.5, 0.6) is 0 Å². The van der Waals surface area contributed by atoms with Gasteiger partial charge in [0, 0.05) is 22.5 Å². The molecule has 0 aliphatic rings. The van der Waals surface area contributed by atoms with Crippen molar-refractivity contribution in [2.24, 2.45) is 0 Å². The minimum Gasteiger partial charge on any atom is -0.326 e. The second-order valence-electron chi connectivity index (χ2n) is 5.18. The average Bonchev–Trinajstić information content (AvgIpc) is 2.92. The molecule has 0 unspecified atom stereocenters. The van der Waals surface area contributed by atoms with Gasteiger partial charge >= 0.3 is 0 Å². The number of fused-ring (bicyclic) bond motifs is 1. The van der Waals surface area contributed by atoms with E-state index in [4.69, 9.17) is 11.6 Å². The van der Waals surface area contributed by atoms with Crippen LogP contribution >= 0.6 is 11.6 Å². The van der Waals surface area contributed by atoms with Crippen molar-refractivity contribution in [3.63, 3.8) is 0 Å². The van der Waals surface area contributed by atoms with Crippen LogP contribution in [-0.2, 0) is 11.3 Å². The molecule has 0 fully saturated rings. The number of hydrogen-bond acceptors (Lipinski definition) is 2. The van der Waals surface area contributed by atoms with Crippen LogP contribution in [0.2, 0.25) is 5.02 Å². The number of amides is 1. The first kappa shape index (κ1) is 14.6. The molecule has 1 aromatic heterocycles. The van der Waals surface area contributed by atoms with Crippen molar-refractivity contribution < 1.29 is 4.79 Å². The van der Waals surface area contributed by atoms with Gasteiger partial charge in [0.2, 0.25) is 5.91 Å². The molecule has 1 N–H and O–H groups in total. The molecule has 0 aliphatic carbocycles. The van der Waals surface area contributed by atoms with Gasteiger partial charge < -0.3 is 5.32 Å². The summed E-state index contributed by atoms with van der Waals surface area (Å²) in [4.78, 5) is 12.0. The number of anilines is 1. The van der Waals surface area contributed by atoms with E-state index in [9.17, 15) is 4.79 Å². The van der Waals surface area contributed by atoms with Gasteiger partial charge in [0.05, 0.1) is 18.3 Å². The van der Waals surface area contributed by atoms with E-state index in [0.717, 1.165) is 16.6 Å². The van der Waals surface area contributed by atoms with Crippen molar-refractivity contribution in [2.75, 3.05) is 5.32 Å². The summed E-state index contributed by atoms with van der Waals surface area (Å²) < 4.78 is 1.86. The number of carbonyl (C=O) groups is 1. The predicted molar refractivity (Wildman–Crippen MR) is 89.2 cm³/mol. The molecule has 3 rings (SSSR count). The molecule has 5 heteroatoms. The van der Waals surface area contributed by atoms with Gasteiger partial charge in [-0.05, 0) is 42.8 Å². The molecular weight excluding hydrogens is 298 g/mol. The van der Waals surface area contributed by atoms with E-state index in [-0.39, 0.29) is 5.91 Å². The van der Waals surface area contributed by atoms with E-state index in [1.165, 1.54) is 5.56 Å². The monoisotopic (exact) mass is 313 g/mol. The third kappa shape index (κ3) is 3.12. The summed E-state index contributed by atoms with van der Waals surface area (Å²) >= 11 is 5.82. The Morgan fingerprint density at radius 3 is 2.77 bits per heavy atom. The molecule has 1 heterocycles. The second-order valence-corrected chi connectivity index (χ2v) is 5.62. The number of nitrogens with one attached hydrogen (secondary N) is 1. The van der Waals surface area contributed by atoms with E-state index in [1.54, 1.807) is 24.3 Å². The number of halogens is 1. The molecule has 112 valence electrons. The number of benzene rings is 2. The van der Waals surface area contributed by atoms with E-state index in [2.05, 4.69) is 23.4 Å². The molecule has 1 amide bonds. The van der Waals surface area contributed by atoms with Crippen LogP contribution in [0, 0.1) is 6.92 Å². The van der Waals surface area contributed by atoms with Gasteiger partial charge in [0.15, 0.2) is 0 Å². The highest BCUT2D eigenvalue weighted by molar-refractivity contribution is 6.30. The fourth-order valence-electron chi connectivity index (χ4n) is 2.39.